The molecule has 0 aromatic heterocycles. The van der Waals surface area contributed by atoms with E-state index in [1.807, 2.05) is 0 Å². The molecule has 112 valence electrons. The lowest BCUT2D eigenvalue weighted by Crippen LogP contribution is -2.47. The summed E-state index contributed by atoms with van der Waals surface area (Å²) in [5.41, 5.74) is 0.765. The summed E-state index contributed by atoms with van der Waals surface area (Å²) in [6.07, 6.45) is 0.485. The summed E-state index contributed by atoms with van der Waals surface area (Å²) >= 11 is 0. The Morgan fingerprint density at radius 2 is 2.05 bits per heavy atom. The summed E-state index contributed by atoms with van der Waals surface area (Å²) in [6.45, 7) is 7.26. The maximum Gasteiger partial charge on any atom is 0.123 e. The summed E-state index contributed by atoms with van der Waals surface area (Å²) in [6, 6.07) is 6.45. The van der Waals surface area contributed by atoms with E-state index in [1.54, 1.807) is 12.1 Å². The molecule has 3 nitrogen and oxygen atoms in total. The van der Waals surface area contributed by atoms with Crippen LogP contribution in [0.5, 0.6) is 0 Å². The second-order valence-electron chi connectivity index (χ2n) is 5.92. The number of β-amino-alcohol motifs (C(OH)–C–C–N with tert-alkyl or cyclic N) is 1. The Hall–Kier alpha value is -0.970. The van der Waals surface area contributed by atoms with Crippen LogP contribution in [0.2, 0.25) is 0 Å². The minimum absolute atomic E-state index is 0.273. The van der Waals surface area contributed by atoms with Crippen LogP contribution in [-0.4, -0.2) is 42.4 Å². The zero-order chi connectivity index (χ0) is 14.5. The summed E-state index contributed by atoms with van der Waals surface area (Å²) in [5.74, 6) is 0.331. The van der Waals surface area contributed by atoms with Crippen molar-refractivity contribution in [2.75, 3.05) is 26.3 Å². The summed E-state index contributed by atoms with van der Waals surface area (Å²) in [5, 5.41) is 10.3. The first-order valence-electron chi connectivity index (χ1n) is 7.31. The normalized spacial score (nSPS) is 22.1. The highest BCUT2D eigenvalue weighted by Crippen LogP contribution is 2.20. The van der Waals surface area contributed by atoms with Gasteiger partial charge >= 0.3 is 0 Å². The first-order chi connectivity index (χ1) is 9.56. The summed E-state index contributed by atoms with van der Waals surface area (Å²) in [7, 11) is 0. The van der Waals surface area contributed by atoms with E-state index in [-0.39, 0.29) is 5.82 Å². The molecule has 0 aliphatic carbocycles. The summed E-state index contributed by atoms with van der Waals surface area (Å²) < 4.78 is 18.4. The lowest BCUT2D eigenvalue weighted by molar-refractivity contribution is -0.0329. The molecule has 2 rings (SSSR count). The minimum Gasteiger partial charge on any atom is -0.387 e. The van der Waals surface area contributed by atoms with Crippen molar-refractivity contribution in [1.82, 2.24) is 4.90 Å². The molecule has 0 bridgehead atoms. The maximum atomic E-state index is 12.9. The lowest BCUT2D eigenvalue weighted by atomic mass is 10.0. The van der Waals surface area contributed by atoms with E-state index in [4.69, 9.17) is 4.74 Å². The highest BCUT2D eigenvalue weighted by molar-refractivity contribution is 5.18. The number of halogens is 1. The van der Waals surface area contributed by atoms with E-state index in [0.29, 0.717) is 25.1 Å². The molecule has 0 saturated carbocycles. The fourth-order valence-electron chi connectivity index (χ4n) is 2.70. The number of nitrogens with zero attached hydrogens (tertiary/aromatic N) is 1. The molecule has 1 N–H and O–H groups in total. The zero-order valence-electron chi connectivity index (χ0n) is 12.3. The monoisotopic (exact) mass is 281 g/mol. The molecule has 0 spiro atoms. The molecule has 2 unspecified atom stereocenters. The lowest BCUT2D eigenvalue weighted by Gasteiger charge is -2.37. The van der Waals surface area contributed by atoms with Crippen molar-refractivity contribution in [1.29, 1.82) is 0 Å². The van der Waals surface area contributed by atoms with Crippen molar-refractivity contribution in [2.45, 2.75) is 32.4 Å². The van der Waals surface area contributed by atoms with Crippen molar-refractivity contribution in [3.05, 3.63) is 35.6 Å². The van der Waals surface area contributed by atoms with Crippen molar-refractivity contribution in [3.63, 3.8) is 0 Å². The molecule has 1 fully saturated rings. The van der Waals surface area contributed by atoms with Gasteiger partial charge in [-0.05, 0) is 30.0 Å². The van der Waals surface area contributed by atoms with E-state index in [9.17, 15) is 9.50 Å². The first kappa shape index (κ1) is 15.4. The molecule has 0 radical (unpaired) electrons. The average Bonchev–Trinajstić information content (AvgIpc) is 2.41. The number of hydrogen-bond acceptors (Lipinski definition) is 3. The van der Waals surface area contributed by atoms with Crippen LogP contribution in [0.3, 0.4) is 0 Å². The molecule has 2 atom stereocenters. The average molecular weight is 281 g/mol. The van der Waals surface area contributed by atoms with Crippen LogP contribution in [-0.2, 0) is 4.74 Å². The van der Waals surface area contributed by atoms with Gasteiger partial charge in [0.25, 0.3) is 0 Å². The number of ether oxygens (including phenoxy) is 1. The Morgan fingerprint density at radius 3 is 2.70 bits per heavy atom. The van der Waals surface area contributed by atoms with Crippen LogP contribution in [0.4, 0.5) is 4.39 Å². The van der Waals surface area contributed by atoms with Gasteiger partial charge < -0.3 is 9.84 Å². The van der Waals surface area contributed by atoms with Crippen LogP contribution >= 0.6 is 0 Å². The standard InChI is InChI=1S/C16H24FNO2/c1-12(2)9-15-11-20-8-7-18(15)10-16(19)13-3-5-14(17)6-4-13/h3-6,12,15-16,19H,7-11H2,1-2H3. The van der Waals surface area contributed by atoms with E-state index < -0.39 is 6.10 Å². The third-order valence-electron chi connectivity index (χ3n) is 3.76. The molecule has 1 heterocycles. The van der Waals surface area contributed by atoms with Crippen molar-refractivity contribution in [2.24, 2.45) is 5.92 Å². The Kier molecular flexibility index (Phi) is 5.52. The third kappa shape index (κ3) is 4.27. The molecule has 1 aliphatic rings. The SMILES string of the molecule is CC(C)CC1COCCN1CC(O)c1ccc(F)cc1. The van der Waals surface area contributed by atoms with Gasteiger partial charge in [0.2, 0.25) is 0 Å². The van der Waals surface area contributed by atoms with Crippen LogP contribution in [0, 0.1) is 11.7 Å². The van der Waals surface area contributed by atoms with Gasteiger partial charge in [0, 0.05) is 19.1 Å². The van der Waals surface area contributed by atoms with Crippen molar-refractivity contribution in [3.8, 4) is 0 Å². The van der Waals surface area contributed by atoms with E-state index >= 15 is 0 Å². The number of benzene rings is 1. The minimum atomic E-state index is -0.580. The molecule has 0 amide bonds. The third-order valence-corrected chi connectivity index (χ3v) is 3.76. The molecule has 4 heteroatoms. The van der Waals surface area contributed by atoms with Gasteiger partial charge in [0.05, 0.1) is 19.3 Å². The molecule has 1 aromatic rings. The molecule has 1 aliphatic heterocycles. The Morgan fingerprint density at radius 1 is 1.35 bits per heavy atom. The highest BCUT2D eigenvalue weighted by atomic mass is 19.1. The van der Waals surface area contributed by atoms with Crippen LogP contribution in [0.25, 0.3) is 0 Å². The van der Waals surface area contributed by atoms with Gasteiger partial charge in [-0.2, -0.15) is 0 Å². The Bertz CT molecular complexity index is 407. The molecular formula is C16H24FNO2. The van der Waals surface area contributed by atoms with Crippen LogP contribution in [0.1, 0.15) is 31.9 Å². The summed E-state index contributed by atoms with van der Waals surface area (Å²) in [4.78, 5) is 2.29. The fourth-order valence-corrected chi connectivity index (χ4v) is 2.70. The highest BCUT2D eigenvalue weighted by Gasteiger charge is 2.25. The number of rotatable bonds is 5. The predicted molar refractivity (Wildman–Crippen MR) is 77.0 cm³/mol. The van der Waals surface area contributed by atoms with Crippen LogP contribution in [0.15, 0.2) is 24.3 Å². The van der Waals surface area contributed by atoms with Crippen molar-refractivity contribution >= 4 is 0 Å². The van der Waals surface area contributed by atoms with E-state index in [0.717, 1.165) is 25.1 Å². The van der Waals surface area contributed by atoms with Gasteiger partial charge in [-0.3, -0.25) is 4.90 Å². The van der Waals surface area contributed by atoms with Crippen LogP contribution < -0.4 is 0 Å². The Balaban J connectivity index is 1.97. The van der Waals surface area contributed by atoms with E-state index in [2.05, 4.69) is 18.7 Å². The molecule has 1 saturated heterocycles. The number of morpholine rings is 1. The topological polar surface area (TPSA) is 32.7 Å². The quantitative estimate of drug-likeness (QED) is 0.900. The smallest absolute Gasteiger partial charge is 0.123 e. The zero-order valence-corrected chi connectivity index (χ0v) is 12.3. The number of aliphatic hydroxyl groups is 1. The molecular weight excluding hydrogens is 257 g/mol. The largest absolute Gasteiger partial charge is 0.387 e. The first-order valence-corrected chi connectivity index (χ1v) is 7.31. The van der Waals surface area contributed by atoms with Gasteiger partial charge in [0.1, 0.15) is 5.82 Å². The maximum absolute atomic E-state index is 12.9. The Labute approximate surface area is 120 Å². The molecule has 1 aromatic carbocycles. The predicted octanol–water partition coefficient (Wildman–Crippen LogP) is 2.61. The number of hydrogen-bond donors (Lipinski definition) is 1. The fraction of sp³-hybridized carbons (Fsp3) is 0.625. The second-order valence-corrected chi connectivity index (χ2v) is 5.92. The van der Waals surface area contributed by atoms with E-state index in [1.165, 1.54) is 12.1 Å². The molecule has 20 heavy (non-hydrogen) atoms. The van der Waals surface area contributed by atoms with Crippen molar-refractivity contribution < 1.29 is 14.2 Å². The van der Waals surface area contributed by atoms with Gasteiger partial charge in [-0.1, -0.05) is 26.0 Å². The number of aliphatic hydroxyl groups excluding tert-OH is 1. The van der Waals surface area contributed by atoms with Gasteiger partial charge in [-0.15, -0.1) is 0 Å². The second kappa shape index (κ2) is 7.16. The van der Waals surface area contributed by atoms with Gasteiger partial charge in [0.15, 0.2) is 0 Å². The van der Waals surface area contributed by atoms with Gasteiger partial charge in [-0.25, -0.2) is 4.39 Å².